The van der Waals surface area contributed by atoms with E-state index in [4.69, 9.17) is 37.0 Å². The molecule has 0 aromatic rings. The van der Waals surface area contributed by atoms with Gasteiger partial charge < -0.3 is 33.8 Å². The Morgan fingerprint density at radius 1 is 0.286 bits per heavy atom. The number of hydrogen-bond acceptors (Lipinski definition) is 15. The molecule has 3 N–H and O–H groups in total. The molecule has 3 unspecified atom stereocenters. The van der Waals surface area contributed by atoms with Crippen molar-refractivity contribution < 1.29 is 80.2 Å². The Morgan fingerprint density at radius 3 is 0.724 bits per heavy atom. The van der Waals surface area contributed by atoms with Crippen LogP contribution in [0.1, 0.15) is 402 Å². The van der Waals surface area contributed by atoms with Gasteiger partial charge in [-0.3, -0.25) is 37.3 Å². The van der Waals surface area contributed by atoms with Gasteiger partial charge in [0.25, 0.3) is 0 Å². The van der Waals surface area contributed by atoms with Gasteiger partial charge in [-0.05, 0) is 49.4 Å². The fourth-order valence-electron chi connectivity index (χ4n) is 12.0. The van der Waals surface area contributed by atoms with E-state index in [2.05, 4.69) is 55.4 Å². The summed E-state index contributed by atoms with van der Waals surface area (Å²) in [4.78, 5) is 72.9. The Balaban J connectivity index is 5.24. The molecule has 582 valence electrons. The second-order valence-electron chi connectivity index (χ2n) is 30.1. The Kier molecular flexibility index (Phi) is 66.8. The van der Waals surface area contributed by atoms with Gasteiger partial charge >= 0.3 is 39.5 Å². The maximum Gasteiger partial charge on any atom is 0.472 e. The number of ether oxygens (including phenoxy) is 4. The van der Waals surface area contributed by atoms with E-state index in [1.807, 2.05) is 0 Å². The van der Waals surface area contributed by atoms with Crippen LogP contribution in [0.3, 0.4) is 0 Å². The highest BCUT2D eigenvalue weighted by atomic mass is 31.2. The minimum absolute atomic E-state index is 0.104. The largest absolute Gasteiger partial charge is 0.472 e. The molecular weight excluding hydrogens is 1280 g/mol. The molecule has 0 aliphatic rings. The Hall–Kier alpha value is -1.94. The van der Waals surface area contributed by atoms with Crippen molar-refractivity contribution >= 4 is 39.5 Å². The number of aliphatic hydroxyl groups excluding tert-OH is 1. The maximum absolute atomic E-state index is 13.1. The fraction of sp³-hybridized carbons (Fsp3) is 0.949. The molecule has 98 heavy (non-hydrogen) atoms. The smallest absolute Gasteiger partial charge is 0.462 e. The molecule has 0 amide bonds. The van der Waals surface area contributed by atoms with E-state index in [1.165, 1.54) is 199 Å². The first-order valence-electron chi connectivity index (χ1n) is 40.7. The van der Waals surface area contributed by atoms with Crippen LogP contribution in [0.5, 0.6) is 0 Å². The van der Waals surface area contributed by atoms with Crippen molar-refractivity contribution in [1.29, 1.82) is 0 Å². The molecule has 19 heteroatoms. The molecule has 0 saturated carbocycles. The zero-order chi connectivity index (χ0) is 72.4. The summed E-state index contributed by atoms with van der Waals surface area (Å²) in [6.45, 7) is 14.2. The number of phosphoric ester groups is 2. The third-order valence-corrected chi connectivity index (χ3v) is 20.6. The summed E-state index contributed by atoms with van der Waals surface area (Å²) in [5.74, 6) is 0.957. The molecule has 0 spiro atoms. The average Bonchev–Trinajstić information content (AvgIpc) is 1.12. The third kappa shape index (κ3) is 71.1. The van der Waals surface area contributed by atoms with Crippen molar-refractivity contribution in [3.8, 4) is 0 Å². The van der Waals surface area contributed by atoms with Gasteiger partial charge in [0.05, 0.1) is 26.4 Å². The lowest BCUT2D eigenvalue weighted by atomic mass is 10.00. The summed E-state index contributed by atoms with van der Waals surface area (Å²) in [5.41, 5.74) is 0. The monoisotopic (exact) mass is 1440 g/mol. The molecule has 0 saturated heterocycles. The Labute approximate surface area is 600 Å². The summed E-state index contributed by atoms with van der Waals surface area (Å²) in [7, 11) is -9.92. The van der Waals surface area contributed by atoms with E-state index in [-0.39, 0.29) is 25.7 Å². The van der Waals surface area contributed by atoms with Crippen molar-refractivity contribution in [2.75, 3.05) is 39.6 Å². The zero-order valence-corrected chi connectivity index (χ0v) is 66.2. The van der Waals surface area contributed by atoms with Gasteiger partial charge in [-0.25, -0.2) is 9.13 Å². The van der Waals surface area contributed by atoms with Crippen molar-refractivity contribution in [3.63, 3.8) is 0 Å². The van der Waals surface area contributed by atoms with Crippen molar-refractivity contribution in [1.82, 2.24) is 0 Å². The lowest BCUT2D eigenvalue weighted by molar-refractivity contribution is -0.161. The molecule has 0 aliphatic carbocycles. The van der Waals surface area contributed by atoms with E-state index < -0.39 is 97.5 Å². The molecule has 0 aromatic carbocycles. The van der Waals surface area contributed by atoms with Crippen molar-refractivity contribution in [2.24, 2.45) is 23.7 Å². The highest BCUT2D eigenvalue weighted by Crippen LogP contribution is 2.45. The summed E-state index contributed by atoms with van der Waals surface area (Å²) in [6.07, 6.45) is 54.2. The summed E-state index contributed by atoms with van der Waals surface area (Å²) >= 11 is 0. The summed E-state index contributed by atoms with van der Waals surface area (Å²) in [6, 6.07) is 0. The number of hydrogen-bond donors (Lipinski definition) is 3. The summed E-state index contributed by atoms with van der Waals surface area (Å²) < 4.78 is 68.6. The molecule has 0 aliphatic heterocycles. The molecule has 6 atom stereocenters. The van der Waals surface area contributed by atoms with Crippen LogP contribution in [-0.4, -0.2) is 96.7 Å². The predicted octanol–water partition coefficient (Wildman–Crippen LogP) is 23.2. The second kappa shape index (κ2) is 68.2. The molecule has 17 nitrogen and oxygen atoms in total. The van der Waals surface area contributed by atoms with Gasteiger partial charge in [-0.1, -0.05) is 351 Å². The van der Waals surface area contributed by atoms with Crippen LogP contribution in [0, 0.1) is 23.7 Å². The van der Waals surface area contributed by atoms with Crippen LogP contribution >= 0.6 is 15.6 Å². The van der Waals surface area contributed by atoms with E-state index >= 15 is 0 Å². The van der Waals surface area contributed by atoms with Gasteiger partial charge in [0.2, 0.25) is 0 Å². The Morgan fingerprint density at radius 2 is 0.490 bits per heavy atom. The number of rotatable bonds is 76. The second-order valence-corrected chi connectivity index (χ2v) is 33.0. The minimum atomic E-state index is -4.96. The maximum atomic E-state index is 13.1. The van der Waals surface area contributed by atoms with Gasteiger partial charge in [-0.2, -0.15) is 0 Å². The standard InChI is InChI=1S/C79H154O17P2/c1-9-72(8)58-50-42-37-38-44-52-60-77(82)90-66-75(96-79(84)62-54-46-36-30-24-27-33-41-49-57-71(6)7)68-94-98(87,88)92-64-73(80)63-91-97(85,86)93-67-74(65-89-76(81)59-51-43-34-28-22-18-15-14-17-21-26-32-40-48-56-70(4)5)95-78(83)61-53-45-35-29-23-19-13-11-10-12-16-20-25-31-39-47-55-69(2)3/h69-75,80H,9-68H2,1-8H3,(H,85,86)(H,87,88)/t72?,73-,74-,75-/m1/s1. The Bertz CT molecular complexity index is 1920. The first-order chi connectivity index (χ1) is 47.1. The van der Waals surface area contributed by atoms with Gasteiger partial charge in [0, 0.05) is 25.7 Å². The molecule has 0 heterocycles. The number of unbranched alkanes of at least 4 members (excludes halogenated alkanes) is 41. The first-order valence-corrected chi connectivity index (χ1v) is 43.7. The molecular formula is C79H154O17P2. The molecule has 0 fully saturated rings. The number of aliphatic hydroxyl groups is 1. The van der Waals surface area contributed by atoms with E-state index in [0.29, 0.717) is 25.7 Å². The topological polar surface area (TPSA) is 237 Å². The number of carbonyl (C=O) groups is 4. The lowest BCUT2D eigenvalue weighted by Gasteiger charge is -2.21. The molecule has 0 rings (SSSR count). The SMILES string of the molecule is CCC(C)CCCCCCCCC(=O)OC[C@H](COP(=O)(O)OC[C@H](O)COP(=O)(O)OC[C@@H](COC(=O)CCCCCCCCCCCCCCCCC(C)C)OC(=O)CCCCCCCCCCCCCCCCCCC(C)C)OC(=O)CCCCCCCCCCCC(C)C. The average molecular weight is 1440 g/mol. The number of carbonyl (C=O) groups excluding carboxylic acids is 4. The van der Waals surface area contributed by atoms with E-state index in [1.54, 1.807) is 0 Å². The highest BCUT2D eigenvalue weighted by molar-refractivity contribution is 7.47. The molecule has 0 bridgehead atoms. The summed E-state index contributed by atoms with van der Waals surface area (Å²) in [5, 5.41) is 10.6. The van der Waals surface area contributed by atoms with Crippen LogP contribution in [-0.2, 0) is 65.4 Å². The fourth-order valence-corrected chi connectivity index (χ4v) is 13.6. The van der Waals surface area contributed by atoms with Crippen LogP contribution in [0.4, 0.5) is 0 Å². The van der Waals surface area contributed by atoms with Crippen LogP contribution in [0.25, 0.3) is 0 Å². The van der Waals surface area contributed by atoms with Crippen LogP contribution < -0.4 is 0 Å². The molecule has 0 radical (unpaired) electrons. The zero-order valence-electron chi connectivity index (χ0n) is 64.4. The van der Waals surface area contributed by atoms with Crippen molar-refractivity contribution in [3.05, 3.63) is 0 Å². The first kappa shape index (κ1) is 96.1. The number of esters is 4. The van der Waals surface area contributed by atoms with Gasteiger partial charge in [-0.15, -0.1) is 0 Å². The quantitative estimate of drug-likeness (QED) is 0.0222. The van der Waals surface area contributed by atoms with Crippen LogP contribution in [0.2, 0.25) is 0 Å². The van der Waals surface area contributed by atoms with Gasteiger partial charge in [0.15, 0.2) is 12.2 Å². The van der Waals surface area contributed by atoms with Crippen LogP contribution in [0.15, 0.2) is 0 Å². The number of phosphoric acid groups is 2. The minimum Gasteiger partial charge on any atom is -0.462 e. The predicted molar refractivity (Wildman–Crippen MR) is 400 cm³/mol. The van der Waals surface area contributed by atoms with Crippen molar-refractivity contribution in [2.45, 2.75) is 420 Å². The van der Waals surface area contributed by atoms with E-state index in [0.717, 1.165) is 120 Å². The molecule has 0 aromatic heterocycles. The normalized spacial score (nSPS) is 14.3. The highest BCUT2D eigenvalue weighted by Gasteiger charge is 2.30. The third-order valence-electron chi connectivity index (χ3n) is 18.7. The van der Waals surface area contributed by atoms with E-state index in [9.17, 15) is 43.2 Å². The lowest BCUT2D eigenvalue weighted by Crippen LogP contribution is -2.30. The van der Waals surface area contributed by atoms with Gasteiger partial charge in [0.1, 0.15) is 19.3 Å².